The number of anilines is 1. The minimum Gasteiger partial charge on any atom is -0.497 e. The van der Waals surface area contributed by atoms with E-state index in [9.17, 15) is 0 Å². The van der Waals surface area contributed by atoms with Crippen LogP contribution in [0.5, 0.6) is 17.2 Å². The Labute approximate surface area is 129 Å². The van der Waals surface area contributed by atoms with Crippen LogP contribution in [0.1, 0.15) is 5.56 Å². The van der Waals surface area contributed by atoms with Crippen LogP contribution in [0.2, 0.25) is 0 Å². The van der Waals surface area contributed by atoms with Gasteiger partial charge in [-0.1, -0.05) is 0 Å². The zero-order chi connectivity index (χ0) is 14.0. The molecule has 0 aromatic heterocycles. The highest BCUT2D eigenvalue weighted by molar-refractivity contribution is 9.11. The van der Waals surface area contributed by atoms with Gasteiger partial charge in [-0.05, 0) is 74.7 Å². The minimum absolute atomic E-state index is 0.714. The molecule has 0 bridgehead atoms. The maximum Gasteiger partial charge on any atom is 0.142 e. The van der Waals surface area contributed by atoms with Gasteiger partial charge in [0.15, 0.2) is 0 Å². The number of halogens is 2. The van der Waals surface area contributed by atoms with E-state index in [1.165, 1.54) is 0 Å². The molecule has 19 heavy (non-hydrogen) atoms. The first kappa shape index (κ1) is 14.2. The number of hydrogen-bond donors (Lipinski definition) is 1. The van der Waals surface area contributed by atoms with Gasteiger partial charge in [-0.25, -0.2) is 0 Å². The first-order valence-corrected chi connectivity index (χ1v) is 7.17. The third-order valence-electron chi connectivity index (χ3n) is 2.68. The van der Waals surface area contributed by atoms with Crippen molar-refractivity contribution in [3.63, 3.8) is 0 Å². The fourth-order valence-corrected chi connectivity index (χ4v) is 2.44. The molecule has 0 spiro atoms. The topological polar surface area (TPSA) is 44.5 Å². The van der Waals surface area contributed by atoms with E-state index >= 15 is 0 Å². The molecule has 0 radical (unpaired) electrons. The second-order valence-electron chi connectivity index (χ2n) is 4.04. The molecule has 100 valence electrons. The average Bonchev–Trinajstić information content (AvgIpc) is 2.38. The van der Waals surface area contributed by atoms with Crippen LogP contribution < -0.4 is 15.2 Å². The van der Waals surface area contributed by atoms with E-state index in [1.54, 1.807) is 7.11 Å². The summed E-state index contributed by atoms with van der Waals surface area (Å²) in [6.07, 6.45) is 0. The minimum atomic E-state index is 0.714. The van der Waals surface area contributed by atoms with Gasteiger partial charge in [-0.15, -0.1) is 0 Å². The maximum absolute atomic E-state index is 5.87. The van der Waals surface area contributed by atoms with Crippen molar-refractivity contribution in [3.8, 4) is 17.2 Å². The summed E-state index contributed by atoms with van der Waals surface area (Å²) >= 11 is 6.90. The lowest BCUT2D eigenvalue weighted by Crippen LogP contribution is -1.93. The summed E-state index contributed by atoms with van der Waals surface area (Å²) in [5.74, 6) is 2.20. The molecule has 2 aromatic rings. The van der Waals surface area contributed by atoms with Crippen LogP contribution in [0.4, 0.5) is 5.69 Å². The van der Waals surface area contributed by atoms with E-state index in [0.717, 1.165) is 31.7 Å². The molecule has 0 saturated heterocycles. The van der Waals surface area contributed by atoms with Crippen LogP contribution in [0.15, 0.2) is 39.3 Å². The van der Waals surface area contributed by atoms with E-state index in [4.69, 9.17) is 15.2 Å². The molecule has 0 aliphatic rings. The van der Waals surface area contributed by atoms with Gasteiger partial charge >= 0.3 is 0 Å². The number of methoxy groups -OCH3 is 1. The fourth-order valence-electron chi connectivity index (χ4n) is 1.56. The van der Waals surface area contributed by atoms with Crippen molar-refractivity contribution in [1.82, 2.24) is 0 Å². The molecule has 2 N–H and O–H groups in total. The Morgan fingerprint density at radius 3 is 2.32 bits per heavy atom. The lowest BCUT2D eigenvalue weighted by Gasteiger charge is -2.12. The lowest BCUT2D eigenvalue weighted by atomic mass is 10.2. The standard InChI is InChI=1S/C14H13Br2NO2/c1-8-5-14(11(16)7-12(8)17)19-13-4-3-9(18-2)6-10(13)15/h3-7H,17H2,1-2H3. The molecule has 3 nitrogen and oxygen atoms in total. The van der Waals surface area contributed by atoms with Gasteiger partial charge in [0.05, 0.1) is 16.1 Å². The second-order valence-corrected chi connectivity index (χ2v) is 5.75. The summed E-state index contributed by atoms with van der Waals surface area (Å²) in [6, 6.07) is 9.28. The summed E-state index contributed by atoms with van der Waals surface area (Å²) in [5, 5.41) is 0. The van der Waals surface area contributed by atoms with Gasteiger partial charge in [0.1, 0.15) is 17.2 Å². The fraction of sp³-hybridized carbons (Fsp3) is 0.143. The zero-order valence-electron chi connectivity index (χ0n) is 10.5. The predicted octanol–water partition coefficient (Wildman–Crippen LogP) is 4.90. The number of aryl methyl sites for hydroxylation is 1. The number of benzene rings is 2. The van der Waals surface area contributed by atoms with Crippen LogP contribution >= 0.6 is 31.9 Å². The first-order valence-electron chi connectivity index (χ1n) is 5.58. The number of rotatable bonds is 3. The SMILES string of the molecule is COc1ccc(Oc2cc(C)c(N)cc2Br)c(Br)c1. The number of nitrogens with two attached hydrogens (primary N) is 1. The molecule has 0 fully saturated rings. The van der Waals surface area contributed by atoms with Gasteiger partial charge in [-0.2, -0.15) is 0 Å². The normalized spacial score (nSPS) is 10.3. The number of hydrogen-bond acceptors (Lipinski definition) is 3. The van der Waals surface area contributed by atoms with Gasteiger partial charge in [0.2, 0.25) is 0 Å². The second kappa shape index (κ2) is 5.84. The van der Waals surface area contributed by atoms with Crippen LogP contribution in [0.25, 0.3) is 0 Å². The quantitative estimate of drug-likeness (QED) is 0.762. The van der Waals surface area contributed by atoms with Gasteiger partial charge in [0.25, 0.3) is 0 Å². The predicted molar refractivity (Wildman–Crippen MR) is 84.1 cm³/mol. The molecule has 0 heterocycles. The zero-order valence-corrected chi connectivity index (χ0v) is 13.7. The molecule has 0 saturated carbocycles. The highest BCUT2D eigenvalue weighted by atomic mass is 79.9. The Bertz CT molecular complexity index is 615. The molecule has 2 aromatic carbocycles. The van der Waals surface area contributed by atoms with Crippen molar-refractivity contribution in [2.75, 3.05) is 12.8 Å². The van der Waals surface area contributed by atoms with Gasteiger partial charge < -0.3 is 15.2 Å². The van der Waals surface area contributed by atoms with E-state index in [2.05, 4.69) is 31.9 Å². The van der Waals surface area contributed by atoms with Gasteiger partial charge in [0, 0.05) is 5.69 Å². The Kier molecular flexibility index (Phi) is 4.37. The molecule has 0 amide bonds. The average molecular weight is 387 g/mol. The Balaban J connectivity index is 2.33. The maximum atomic E-state index is 5.87. The third-order valence-corrected chi connectivity index (χ3v) is 3.92. The Morgan fingerprint density at radius 2 is 1.68 bits per heavy atom. The van der Waals surface area contributed by atoms with Crippen molar-refractivity contribution in [3.05, 3.63) is 44.8 Å². The smallest absolute Gasteiger partial charge is 0.142 e. The van der Waals surface area contributed by atoms with Crippen molar-refractivity contribution >= 4 is 37.5 Å². The van der Waals surface area contributed by atoms with E-state index < -0.39 is 0 Å². The number of ether oxygens (including phenoxy) is 2. The molecule has 5 heteroatoms. The van der Waals surface area contributed by atoms with Crippen molar-refractivity contribution in [2.24, 2.45) is 0 Å². The monoisotopic (exact) mass is 385 g/mol. The highest BCUT2D eigenvalue weighted by Gasteiger charge is 2.09. The first-order chi connectivity index (χ1) is 9.01. The molecule has 2 rings (SSSR count). The molecule has 0 aliphatic carbocycles. The van der Waals surface area contributed by atoms with Crippen LogP contribution in [0.3, 0.4) is 0 Å². The lowest BCUT2D eigenvalue weighted by molar-refractivity contribution is 0.412. The summed E-state index contributed by atoms with van der Waals surface area (Å²) in [4.78, 5) is 0. The van der Waals surface area contributed by atoms with Crippen LogP contribution in [0, 0.1) is 6.92 Å². The molecule has 0 aliphatic heterocycles. The summed E-state index contributed by atoms with van der Waals surface area (Å²) in [7, 11) is 1.63. The van der Waals surface area contributed by atoms with Gasteiger partial charge in [-0.3, -0.25) is 0 Å². The number of nitrogen functional groups attached to an aromatic ring is 1. The molecular weight excluding hydrogens is 374 g/mol. The third kappa shape index (κ3) is 3.22. The van der Waals surface area contributed by atoms with E-state index in [1.807, 2.05) is 37.3 Å². The van der Waals surface area contributed by atoms with Crippen LogP contribution in [-0.2, 0) is 0 Å². The Hall–Kier alpha value is -1.20. The molecular formula is C14H13Br2NO2. The summed E-state index contributed by atoms with van der Waals surface area (Å²) in [5.41, 5.74) is 7.54. The largest absolute Gasteiger partial charge is 0.497 e. The van der Waals surface area contributed by atoms with E-state index in [0.29, 0.717) is 5.75 Å². The van der Waals surface area contributed by atoms with Crippen molar-refractivity contribution in [2.45, 2.75) is 6.92 Å². The Morgan fingerprint density at radius 1 is 1.00 bits per heavy atom. The van der Waals surface area contributed by atoms with E-state index in [-0.39, 0.29) is 0 Å². The summed E-state index contributed by atoms with van der Waals surface area (Å²) in [6.45, 7) is 1.94. The highest BCUT2D eigenvalue weighted by Crippen LogP contribution is 2.37. The molecule has 0 unspecified atom stereocenters. The van der Waals surface area contributed by atoms with Crippen molar-refractivity contribution < 1.29 is 9.47 Å². The van der Waals surface area contributed by atoms with Crippen LogP contribution in [-0.4, -0.2) is 7.11 Å². The molecule has 0 atom stereocenters. The summed E-state index contributed by atoms with van der Waals surface area (Å²) < 4.78 is 12.7. The van der Waals surface area contributed by atoms with Crippen molar-refractivity contribution in [1.29, 1.82) is 0 Å².